The van der Waals surface area contributed by atoms with E-state index >= 15 is 0 Å². The third kappa shape index (κ3) is 9.91. The summed E-state index contributed by atoms with van der Waals surface area (Å²) in [5, 5.41) is 1.49. The number of nitrogens with zero attached hydrogens (tertiary/aromatic N) is 4. The Kier molecular flexibility index (Phi) is 13.9. The van der Waals surface area contributed by atoms with Crippen LogP contribution in [0.4, 0.5) is 0 Å². The summed E-state index contributed by atoms with van der Waals surface area (Å²) in [6.07, 6.45) is 3.24. The minimum Gasteiger partial charge on any atom is -0.487 e. The zero-order valence-corrected chi connectivity index (χ0v) is 41.3. The largest absolute Gasteiger partial charge is 0.487 e. The van der Waals surface area contributed by atoms with Gasteiger partial charge >= 0.3 is 0 Å². The summed E-state index contributed by atoms with van der Waals surface area (Å²) in [6.45, 7) is 27.2. The molecule has 61 heavy (non-hydrogen) atoms. The Morgan fingerprint density at radius 2 is 1.36 bits per heavy atom. The number of oxazole rings is 1. The van der Waals surface area contributed by atoms with E-state index in [0.717, 1.165) is 51.2 Å². The van der Waals surface area contributed by atoms with Crippen LogP contribution >= 0.6 is 0 Å². The average Bonchev–Trinajstić information content (AvgIpc) is 3.83. The van der Waals surface area contributed by atoms with Crippen molar-refractivity contribution in [2.24, 2.45) is 5.92 Å². The van der Waals surface area contributed by atoms with Crippen molar-refractivity contribution in [3.8, 4) is 39.5 Å². The third-order valence-corrected chi connectivity index (χ3v) is 13.0. The molecule has 0 aliphatic heterocycles. The number of aromatic nitrogens is 4. The van der Waals surface area contributed by atoms with E-state index in [0.29, 0.717) is 23.6 Å². The SMILES string of the molecule is CC(C)Cc1cc(-c2[c-]cccc2)ncc1[Si](C)(C)C.CC(C)c1cc(-c2ccccc2)cc(C(C)C)c1-n1c(-c2[c-]ccc3nc(C(C)(C)C)oc23)nc2ccccc21.[Ir]. The van der Waals surface area contributed by atoms with Crippen molar-refractivity contribution < 1.29 is 24.5 Å². The van der Waals surface area contributed by atoms with Crippen LogP contribution in [-0.4, -0.2) is 27.6 Å². The van der Waals surface area contributed by atoms with E-state index in [1.54, 1.807) is 0 Å². The van der Waals surface area contributed by atoms with Crippen molar-refractivity contribution >= 4 is 35.4 Å². The Bertz CT molecular complexity index is 2710. The molecular formula is C54H60IrN4OSi-2. The van der Waals surface area contributed by atoms with E-state index in [9.17, 15) is 0 Å². The van der Waals surface area contributed by atoms with Crippen LogP contribution in [0.3, 0.4) is 0 Å². The molecule has 8 rings (SSSR count). The summed E-state index contributed by atoms with van der Waals surface area (Å²) in [7, 11) is -1.34. The molecule has 0 saturated carbocycles. The van der Waals surface area contributed by atoms with Crippen LogP contribution in [0.15, 0.2) is 120 Å². The molecule has 3 heterocycles. The van der Waals surface area contributed by atoms with Crippen molar-refractivity contribution in [2.75, 3.05) is 0 Å². The second-order valence-corrected chi connectivity index (χ2v) is 24.2. The van der Waals surface area contributed by atoms with Gasteiger partial charge in [0.1, 0.15) is 0 Å². The Morgan fingerprint density at radius 3 is 1.97 bits per heavy atom. The number of hydrogen-bond acceptors (Lipinski definition) is 4. The van der Waals surface area contributed by atoms with Crippen LogP contribution in [-0.2, 0) is 31.9 Å². The monoisotopic (exact) mass is 1000 g/mol. The van der Waals surface area contributed by atoms with Gasteiger partial charge in [-0.2, -0.15) is 0 Å². The molecule has 0 atom stereocenters. The maximum Gasteiger partial charge on any atom is 0.188 e. The molecule has 0 bridgehead atoms. The van der Waals surface area contributed by atoms with Gasteiger partial charge in [-0.3, -0.25) is 4.98 Å². The molecular weight excluding hydrogens is 941 g/mol. The van der Waals surface area contributed by atoms with Gasteiger partial charge in [0.05, 0.1) is 30.5 Å². The van der Waals surface area contributed by atoms with Crippen molar-refractivity contribution in [2.45, 2.75) is 106 Å². The molecule has 0 N–H and O–H groups in total. The Hall–Kier alpha value is -4.94. The van der Waals surface area contributed by atoms with Gasteiger partial charge in [0.15, 0.2) is 5.89 Å². The van der Waals surface area contributed by atoms with Gasteiger partial charge in [-0.05, 0) is 81.6 Å². The quantitative estimate of drug-likeness (QED) is 0.107. The van der Waals surface area contributed by atoms with E-state index in [4.69, 9.17) is 14.4 Å². The molecule has 3 aromatic heterocycles. The Labute approximate surface area is 378 Å². The van der Waals surface area contributed by atoms with E-state index in [1.807, 2.05) is 36.4 Å². The summed E-state index contributed by atoms with van der Waals surface area (Å²) in [6, 6.07) is 44.7. The van der Waals surface area contributed by atoms with Crippen molar-refractivity contribution in [3.05, 3.63) is 150 Å². The van der Waals surface area contributed by atoms with Crippen LogP contribution in [0.25, 0.3) is 61.6 Å². The fourth-order valence-electron chi connectivity index (χ4n) is 7.90. The van der Waals surface area contributed by atoms with Crippen molar-refractivity contribution in [1.82, 2.24) is 19.5 Å². The zero-order valence-electron chi connectivity index (χ0n) is 37.9. The van der Waals surface area contributed by atoms with E-state index in [1.165, 1.54) is 38.7 Å². The van der Waals surface area contributed by atoms with Crippen molar-refractivity contribution in [3.63, 3.8) is 0 Å². The predicted molar refractivity (Wildman–Crippen MR) is 255 cm³/mol. The predicted octanol–water partition coefficient (Wildman–Crippen LogP) is 14.1. The fraction of sp³-hybridized carbons (Fsp3) is 0.315. The Morgan fingerprint density at radius 1 is 0.705 bits per heavy atom. The van der Waals surface area contributed by atoms with E-state index < -0.39 is 8.07 Å². The normalized spacial score (nSPS) is 12.0. The van der Waals surface area contributed by atoms with Crippen LogP contribution in [0.1, 0.15) is 96.7 Å². The number of benzene rings is 5. The van der Waals surface area contributed by atoms with Gasteiger partial charge in [0.25, 0.3) is 0 Å². The number of rotatable bonds is 9. The first-order chi connectivity index (χ1) is 28.5. The number of imidazole rings is 1. The molecule has 0 spiro atoms. The minimum absolute atomic E-state index is 0. The molecule has 317 valence electrons. The molecule has 0 amide bonds. The summed E-state index contributed by atoms with van der Waals surface area (Å²) < 4.78 is 8.77. The number of fused-ring (bicyclic) bond motifs is 2. The van der Waals surface area contributed by atoms with Gasteiger partial charge < -0.3 is 14.0 Å². The average molecular weight is 1000 g/mol. The fourth-order valence-corrected chi connectivity index (χ4v) is 9.49. The second-order valence-electron chi connectivity index (χ2n) is 19.1. The molecule has 0 saturated heterocycles. The maximum absolute atomic E-state index is 6.44. The molecule has 0 aliphatic carbocycles. The maximum atomic E-state index is 6.44. The summed E-state index contributed by atoms with van der Waals surface area (Å²) in [5.74, 6) is 2.79. The molecule has 0 unspecified atom stereocenters. The van der Waals surface area contributed by atoms with Crippen LogP contribution in [0.2, 0.25) is 19.6 Å². The topological polar surface area (TPSA) is 56.7 Å². The van der Waals surface area contributed by atoms with Gasteiger partial charge in [-0.15, -0.1) is 54.1 Å². The van der Waals surface area contributed by atoms with Gasteiger partial charge in [-0.1, -0.05) is 142 Å². The van der Waals surface area contributed by atoms with E-state index in [2.05, 4.69) is 183 Å². The van der Waals surface area contributed by atoms with Crippen LogP contribution in [0, 0.1) is 18.1 Å². The summed E-state index contributed by atoms with van der Waals surface area (Å²) in [5.41, 5.74) is 14.0. The summed E-state index contributed by atoms with van der Waals surface area (Å²) in [4.78, 5) is 14.7. The van der Waals surface area contributed by atoms with Crippen molar-refractivity contribution in [1.29, 1.82) is 0 Å². The molecule has 0 fully saturated rings. The summed E-state index contributed by atoms with van der Waals surface area (Å²) >= 11 is 0. The first-order valence-electron chi connectivity index (χ1n) is 21.5. The second kappa shape index (κ2) is 18.6. The number of para-hydroxylation sites is 2. The molecule has 5 aromatic carbocycles. The van der Waals surface area contributed by atoms with Crippen LogP contribution in [0.5, 0.6) is 0 Å². The third-order valence-electron chi connectivity index (χ3n) is 10.9. The molecule has 8 aromatic rings. The van der Waals surface area contributed by atoms with E-state index in [-0.39, 0.29) is 25.5 Å². The number of pyridine rings is 1. The standard InChI is InChI=1S/C36H36N3O.C18H24NSi.Ir/c1-22(2)27-20-25(24-14-9-8-10-15-24)21-28(23(3)4)32(27)39-31-19-12-11-17-29(31)37-34(39)26-16-13-18-30-33(26)40-35(38-30)36(5,6)7;1-14(2)11-16-12-17(15-9-7-6-8-10-15)19-13-18(16)20(3,4)5;/h8-15,17-23H,1-7H3;6-9,12-14H,11H2,1-5H3;/q2*-1;. The minimum atomic E-state index is -1.34. The van der Waals surface area contributed by atoms with Gasteiger partial charge in [0, 0.05) is 42.9 Å². The van der Waals surface area contributed by atoms with Gasteiger partial charge in [-0.25, -0.2) is 4.98 Å². The first kappa shape index (κ1) is 45.6. The smallest absolute Gasteiger partial charge is 0.188 e. The zero-order chi connectivity index (χ0) is 42.9. The first-order valence-corrected chi connectivity index (χ1v) is 25.0. The molecule has 7 heteroatoms. The Balaban J connectivity index is 0.000000250. The molecule has 5 nitrogen and oxygen atoms in total. The van der Waals surface area contributed by atoms with Gasteiger partial charge in [0.2, 0.25) is 0 Å². The number of hydrogen-bond donors (Lipinski definition) is 0. The molecule has 0 aliphatic rings. The molecule has 1 radical (unpaired) electrons. The van der Waals surface area contributed by atoms with Crippen LogP contribution < -0.4 is 5.19 Å².